The molecule has 18 heavy (non-hydrogen) atoms. The number of hydrogen-bond acceptors (Lipinski definition) is 2. The van der Waals surface area contributed by atoms with Crippen LogP contribution < -0.4 is 5.32 Å². The molecule has 2 heterocycles. The van der Waals surface area contributed by atoms with Gasteiger partial charge in [0.2, 0.25) is 0 Å². The summed E-state index contributed by atoms with van der Waals surface area (Å²) in [6.45, 7) is 5.78. The zero-order chi connectivity index (χ0) is 13.3. The molecule has 0 bridgehead atoms. The van der Waals surface area contributed by atoms with Gasteiger partial charge in [-0.05, 0) is 26.8 Å². The molecule has 96 valence electrons. The first-order valence-corrected chi connectivity index (χ1v) is 5.93. The van der Waals surface area contributed by atoms with E-state index in [1.807, 2.05) is 44.6 Å². The first-order valence-electron chi connectivity index (χ1n) is 5.93. The van der Waals surface area contributed by atoms with Crippen molar-refractivity contribution < 1.29 is 4.79 Å². The quantitative estimate of drug-likeness (QED) is 0.868. The summed E-state index contributed by atoms with van der Waals surface area (Å²) in [5.41, 5.74) is 2.64. The Morgan fingerprint density at radius 3 is 2.72 bits per heavy atom. The number of carbonyl (C=O) groups is 1. The molecule has 0 saturated carbocycles. The van der Waals surface area contributed by atoms with Crippen LogP contribution in [0.3, 0.4) is 0 Å². The lowest BCUT2D eigenvalue weighted by Crippen LogP contribution is -2.27. The van der Waals surface area contributed by atoms with E-state index in [2.05, 4.69) is 15.3 Å². The minimum atomic E-state index is -0.134. The van der Waals surface area contributed by atoms with Crippen molar-refractivity contribution in [2.24, 2.45) is 7.05 Å². The lowest BCUT2D eigenvalue weighted by atomic mass is 10.2. The molecule has 2 aromatic heterocycles. The van der Waals surface area contributed by atoms with Crippen LogP contribution in [0.15, 0.2) is 18.5 Å². The zero-order valence-electron chi connectivity index (χ0n) is 11.1. The van der Waals surface area contributed by atoms with E-state index in [4.69, 9.17) is 0 Å². The van der Waals surface area contributed by atoms with Gasteiger partial charge in [-0.2, -0.15) is 0 Å². The Kier molecular flexibility index (Phi) is 3.23. The van der Waals surface area contributed by atoms with Crippen LogP contribution >= 0.6 is 0 Å². The third-order valence-corrected chi connectivity index (χ3v) is 3.11. The second-order valence-corrected chi connectivity index (χ2v) is 4.57. The molecule has 0 aromatic carbocycles. The third-order valence-electron chi connectivity index (χ3n) is 3.11. The fraction of sp³-hybridized carbons (Fsp3) is 0.385. The molecule has 0 saturated heterocycles. The number of aromatic nitrogens is 3. The van der Waals surface area contributed by atoms with Gasteiger partial charge in [0, 0.05) is 30.8 Å². The van der Waals surface area contributed by atoms with Gasteiger partial charge in [-0.25, -0.2) is 4.98 Å². The fourth-order valence-corrected chi connectivity index (χ4v) is 1.84. The molecule has 0 aliphatic heterocycles. The zero-order valence-corrected chi connectivity index (χ0v) is 11.1. The molecule has 2 N–H and O–H groups in total. The maximum atomic E-state index is 12.1. The number of carbonyl (C=O) groups excluding carboxylic acids is 1. The Morgan fingerprint density at radius 1 is 1.50 bits per heavy atom. The maximum absolute atomic E-state index is 12.1. The van der Waals surface area contributed by atoms with Crippen molar-refractivity contribution in [1.29, 1.82) is 0 Å². The van der Waals surface area contributed by atoms with Gasteiger partial charge in [0.05, 0.1) is 11.6 Å². The minimum Gasteiger partial charge on any atom is -0.354 e. The molecule has 2 rings (SSSR count). The summed E-state index contributed by atoms with van der Waals surface area (Å²) in [6, 6.07) is 1.69. The van der Waals surface area contributed by atoms with Gasteiger partial charge in [0.1, 0.15) is 5.82 Å². The van der Waals surface area contributed by atoms with Crippen LogP contribution in [-0.2, 0) is 7.05 Å². The van der Waals surface area contributed by atoms with E-state index in [0.717, 1.165) is 17.2 Å². The monoisotopic (exact) mass is 246 g/mol. The molecule has 0 unspecified atom stereocenters. The number of aryl methyl sites for hydroxylation is 2. The van der Waals surface area contributed by atoms with E-state index < -0.39 is 0 Å². The summed E-state index contributed by atoms with van der Waals surface area (Å²) in [7, 11) is 1.92. The van der Waals surface area contributed by atoms with Crippen molar-refractivity contribution in [1.82, 2.24) is 19.9 Å². The molecular formula is C13H18N4O. The van der Waals surface area contributed by atoms with Crippen molar-refractivity contribution >= 4 is 5.91 Å². The summed E-state index contributed by atoms with van der Waals surface area (Å²) >= 11 is 0. The Hall–Kier alpha value is -2.04. The second kappa shape index (κ2) is 4.68. The number of nitrogens with one attached hydrogen (secondary N) is 2. The molecule has 0 aliphatic rings. The van der Waals surface area contributed by atoms with Crippen LogP contribution in [0.4, 0.5) is 0 Å². The summed E-state index contributed by atoms with van der Waals surface area (Å²) in [4.78, 5) is 19.4. The molecule has 5 heteroatoms. The van der Waals surface area contributed by atoms with Crippen LogP contribution in [0, 0.1) is 13.8 Å². The number of imidazole rings is 1. The van der Waals surface area contributed by atoms with E-state index in [0.29, 0.717) is 5.56 Å². The fourth-order valence-electron chi connectivity index (χ4n) is 1.84. The highest BCUT2D eigenvalue weighted by molar-refractivity contribution is 5.95. The number of nitrogens with zero attached hydrogens (tertiary/aromatic N) is 2. The maximum Gasteiger partial charge on any atom is 0.253 e. The van der Waals surface area contributed by atoms with Gasteiger partial charge in [-0.15, -0.1) is 0 Å². The minimum absolute atomic E-state index is 0.0744. The predicted molar refractivity (Wildman–Crippen MR) is 69.4 cm³/mol. The first kappa shape index (κ1) is 12.4. The molecule has 0 aliphatic carbocycles. The van der Waals surface area contributed by atoms with E-state index in [-0.39, 0.29) is 11.9 Å². The van der Waals surface area contributed by atoms with Gasteiger partial charge in [-0.1, -0.05) is 0 Å². The van der Waals surface area contributed by atoms with Crippen LogP contribution in [0.25, 0.3) is 0 Å². The topological polar surface area (TPSA) is 62.7 Å². The molecular weight excluding hydrogens is 228 g/mol. The van der Waals surface area contributed by atoms with E-state index in [1.165, 1.54) is 0 Å². The van der Waals surface area contributed by atoms with E-state index >= 15 is 0 Å². The highest BCUT2D eigenvalue weighted by Crippen LogP contribution is 2.12. The van der Waals surface area contributed by atoms with Gasteiger partial charge >= 0.3 is 0 Å². The molecule has 0 fully saturated rings. The SMILES string of the molecule is Cc1cnc([C@H](C)NC(=O)c2ccn(C)c2C)[nH]1. The van der Waals surface area contributed by atoms with Gasteiger partial charge < -0.3 is 14.9 Å². The van der Waals surface area contributed by atoms with Crippen molar-refractivity contribution in [3.05, 3.63) is 41.2 Å². The average Bonchev–Trinajstić information content (AvgIpc) is 2.87. The largest absolute Gasteiger partial charge is 0.354 e. The number of H-pyrrole nitrogens is 1. The molecule has 5 nitrogen and oxygen atoms in total. The molecule has 0 radical (unpaired) electrons. The van der Waals surface area contributed by atoms with Crippen molar-refractivity contribution in [3.63, 3.8) is 0 Å². The van der Waals surface area contributed by atoms with Crippen molar-refractivity contribution in [2.75, 3.05) is 0 Å². The van der Waals surface area contributed by atoms with Crippen molar-refractivity contribution in [2.45, 2.75) is 26.8 Å². The number of rotatable bonds is 3. The lowest BCUT2D eigenvalue weighted by molar-refractivity contribution is 0.0937. The molecule has 0 spiro atoms. The third kappa shape index (κ3) is 2.30. The predicted octanol–water partition coefficient (Wildman–Crippen LogP) is 1.86. The molecule has 1 atom stereocenters. The Morgan fingerprint density at radius 2 is 2.22 bits per heavy atom. The smallest absolute Gasteiger partial charge is 0.253 e. The summed E-state index contributed by atoms with van der Waals surface area (Å²) in [5.74, 6) is 0.698. The Bertz CT molecular complexity index is 567. The van der Waals surface area contributed by atoms with Gasteiger partial charge in [0.15, 0.2) is 0 Å². The standard InChI is InChI=1S/C13H18N4O/c1-8-7-14-12(15-8)9(2)16-13(18)11-5-6-17(4)10(11)3/h5-7,9H,1-4H3,(H,14,15)(H,16,18)/t9-/m0/s1. The first-order chi connectivity index (χ1) is 8.49. The van der Waals surface area contributed by atoms with E-state index in [9.17, 15) is 4.79 Å². The average molecular weight is 246 g/mol. The highest BCUT2D eigenvalue weighted by Gasteiger charge is 2.16. The van der Waals surface area contributed by atoms with Crippen molar-refractivity contribution in [3.8, 4) is 0 Å². The normalized spacial score (nSPS) is 12.4. The summed E-state index contributed by atoms with van der Waals surface area (Å²) in [5, 5.41) is 2.93. The van der Waals surface area contributed by atoms with Crippen LogP contribution in [-0.4, -0.2) is 20.4 Å². The molecule has 1 amide bonds. The van der Waals surface area contributed by atoms with E-state index in [1.54, 1.807) is 6.20 Å². The highest BCUT2D eigenvalue weighted by atomic mass is 16.1. The van der Waals surface area contributed by atoms with Crippen LogP contribution in [0.1, 0.15) is 40.5 Å². The number of hydrogen-bond donors (Lipinski definition) is 2. The Labute approximate surface area is 106 Å². The van der Waals surface area contributed by atoms with Gasteiger partial charge in [-0.3, -0.25) is 4.79 Å². The van der Waals surface area contributed by atoms with Crippen LogP contribution in [0.5, 0.6) is 0 Å². The second-order valence-electron chi connectivity index (χ2n) is 4.57. The number of aromatic amines is 1. The number of amides is 1. The van der Waals surface area contributed by atoms with Gasteiger partial charge in [0.25, 0.3) is 5.91 Å². The summed E-state index contributed by atoms with van der Waals surface area (Å²) in [6.07, 6.45) is 3.64. The molecule has 2 aromatic rings. The lowest BCUT2D eigenvalue weighted by Gasteiger charge is -2.11. The summed E-state index contributed by atoms with van der Waals surface area (Å²) < 4.78 is 1.93. The van der Waals surface area contributed by atoms with Crippen LogP contribution in [0.2, 0.25) is 0 Å². The Balaban J connectivity index is 2.10.